The number of benzene rings is 2. The minimum Gasteiger partial charge on any atom is -0.493 e. The Bertz CT molecular complexity index is 1390. The minimum atomic E-state index is -0.586. The molecule has 0 aliphatic carbocycles. The van der Waals surface area contributed by atoms with E-state index in [0.717, 1.165) is 27.7 Å². The molecule has 9 nitrogen and oxygen atoms in total. The molecule has 4 rings (SSSR count). The summed E-state index contributed by atoms with van der Waals surface area (Å²) < 4.78 is 24.3. The van der Waals surface area contributed by atoms with Crippen LogP contribution in [0.1, 0.15) is 25.1 Å². The largest absolute Gasteiger partial charge is 0.493 e. The van der Waals surface area contributed by atoms with Crippen molar-refractivity contribution in [2.24, 2.45) is 5.41 Å². The zero-order chi connectivity index (χ0) is 30.4. The smallest absolute Gasteiger partial charge is 0.242 e. The number of anilines is 1. The van der Waals surface area contributed by atoms with E-state index in [0.29, 0.717) is 18.8 Å². The molecule has 0 bridgehead atoms. The second-order valence-corrected chi connectivity index (χ2v) is 13.8. The van der Waals surface area contributed by atoms with Crippen LogP contribution in [0.15, 0.2) is 48.7 Å². The van der Waals surface area contributed by atoms with Crippen LogP contribution in [0.2, 0.25) is 5.02 Å². The molecule has 1 aliphatic rings. The lowest BCUT2D eigenvalue weighted by atomic mass is 9.94. The number of aromatic nitrogens is 1. The summed E-state index contributed by atoms with van der Waals surface area (Å²) in [5.41, 5.74) is 1.39. The molecule has 0 spiro atoms. The molecule has 2 atom stereocenters. The van der Waals surface area contributed by atoms with Crippen molar-refractivity contribution < 1.29 is 18.7 Å². The van der Waals surface area contributed by atoms with Crippen molar-refractivity contribution in [2.45, 2.75) is 38.9 Å². The van der Waals surface area contributed by atoms with Gasteiger partial charge in [0.1, 0.15) is 22.6 Å². The lowest BCUT2D eigenvalue weighted by Crippen LogP contribution is -2.53. The monoisotopic (exact) mass is 634 g/mol. The maximum atomic E-state index is 13.5. The van der Waals surface area contributed by atoms with Crippen LogP contribution >= 0.6 is 35.1 Å². The number of hydrogen-bond donors (Lipinski definition) is 3. The second kappa shape index (κ2) is 14.2. The van der Waals surface area contributed by atoms with Crippen LogP contribution in [0, 0.1) is 11.2 Å². The zero-order valence-electron chi connectivity index (χ0n) is 24.2. The first-order valence-electron chi connectivity index (χ1n) is 13.4. The molecule has 2 heterocycles. The molecule has 1 saturated heterocycles. The van der Waals surface area contributed by atoms with Crippen molar-refractivity contribution in [2.75, 3.05) is 39.6 Å². The van der Waals surface area contributed by atoms with Gasteiger partial charge in [0, 0.05) is 46.4 Å². The SMILES string of the molecule is CN(C)CC(C)(C)COc1ccc(-c2ncc(CNC(=O)C3CC(C(=O)Nc4ccc(F)c(Cl)c4)N(C)SN3)s2)cc1. The quantitative estimate of drug-likeness (QED) is 0.252. The van der Waals surface area contributed by atoms with Crippen LogP contribution in [-0.2, 0) is 16.1 Å². The summed E-state index contributed by atoms with van der Waals surface area (Å²) in [4.78, 5) is 33.5. The van der Waals surface area contributed by atoms with Gasteiger partial charge in [-0.05, 0) is 70.0 Å². The standard InChI is InChI=1S/C29H36ClFN6O3S2/c1-29(2,16-36(3)4)17-40-20-9-6-18(7-10-20)28-33-15-21(41-28)14-32-26(38)24-13-25(37(5)42-35-24)27(39)34-19-8-11-23(31)22(30)12-19/h6-12,15,24-25,35H,13-14,16-17H2,1-5H3,(H,32,38)(H,34,39). The van der Waals surface area contributed by atoms with E-state index in [4.69, 9.17) is 16.3 Å². The van der Waals surface area contributed by atoms with Gasteiger partial charge in [-0.25, -0.2) is 18.4 Å². The summed E-state index contributed by atoms with van der Waals surface area (Å²) in [7, 11) is 5.87. The first kappa shape index (κ1) is 32.2. The molecule has 42 heavy (non-hydrogen) atoms. The van der Waals surface area contributed by atoms with Crippen molar-refractivity contribution in [1.29, 1.82) is 0 Å². The van der Waals surface area contributed by atoms with Crippen molar-refractivity contribution in [3.8, 4) is 16.3 Å². The van der Waals surface area contributed by atoms with Crippen LogP contribution < -0.4 is 20.1 Å². The third-order valence-corrected chi connectivity index (χ3v) is 8.78. The Hall–Kier alpha value is -2.74. The lowest BCUT2D eigenvalue weighted by molar-refractivity contribution is -0.124. The number of nitrogens with zero attached hydrogens (tertiary/aromatic N) is 3. The Morgan fingerprint density at radius 3 is 2.64 bits per heavy atom. The highest BCUT2D eigenvalue weighted by Crippen LogP contribution is 2.28. The van der Waals surface area contributed by atoms with Gasteiger partial charge < -0.3 is 20.3 Å². The zero-order valence-corrected chi connectivity index (χ0v) is 26.6. The Morgan fingerprint density at radius 2 is 1.95 bits per heavy atom. The fourth-order valence-electron chi connectivity index (χ4n) is 4.56. The molecular weight excluding hydrogens is 599 g/mol. The molecule has 0 radical (unpaired) electrons. The van der Waals surface area contributed by atoms with Crippen molar-refractivity contribution in [3.63, 3.8) is 0 Å². The number of carbonyl (C=O) groups excluding carboxylic acids is 2. The summed E-state index contributed by atoms with van der Waals surface area (Å²) in [6.07, 6.45) is 2.01. The first-order chi connectivity index (χ1) is 19.9. The van der Waals surface area contributed by atoms with Crippen molar-refractivity contribution in [3.05, 3.63) is 64.4 Å². The van der Waals surface area contributed by atoms with E-state index >= 15 is 0 Å². The highest BCUT2D eigenvalue weighted by atomic mass is 35.5. The van der Waals surface area contributed by atoms with Gasteiger partial charge in [-0.15, -0.1) is 11.3 Å². The molecule has 2 unspecified atom stereocenters. The van der Waals surface area contributed by atoms with Crippen LogP contribution in [0.5, 0.6) is 5.75 Å². The fourth-order valence-corrected chi connectivity index (χ4v) is 6.40. The number of nitrogens with one attached hydrogen (secondary N) is 3. The van der Waals surface area contributed by atoms with E-state index in [2.05, 4.69) is 53.2 Å². The van der Waals surface area contributed by atoms with E-state index in [1.165, 1.54) is 41.7 Å². The number of likely N-dealkylation sites (N-methyl/N-ethyl adjacent to an activating group) is 1. The van der Waals surface area contributed by atoms with Gasteiger partial charge in [0.05, 0.1) is 24.2 Å². The third-order valence-electron chi connectivity index (χ3n) is 6.51. The van der Waals surface area contributed by atoms with Gasteiger partial charge >= 0.3 is 0 Å². The van der Waals surface area contributed by atoms with Gasteiger partial charge in [-0.3, -0.25) is 9.59 Å². The predicted octanol–water partition coefficient (Wildman–Crippen LogP) is 5.05. The highest BCUT2D eigenvalue weighted by Gasteiger charge is 2.35. The van der Waals surface area contributed by atoms with E-state index in [-0.39, 0.29) is 28.7 Å². The third kappa shape index (κ3) is 8.88. The molecule has 13 heteroatoms. The van der Waals surface area contributed by atoms with Crippen molar-refractivity contribution in [1.82, 2.24) is 24.2 Å². The number of ether oxygens (including phenoxy) is 1. The van der Waals surface area contributed by atoms with Gasteiger partial charge in [0.25, 0.3) is 0 Å². The van der Waals surface area contributed by atoms with Gasteiger partial charge in [0.15, 0.2) is 0 Å². The van der Waals surface area contributed by atoms with E-state index in [1.54, 1.807) is 17.5 Å². The summed E-state index contributed by atoms with van der Waals surface area (Å²) in [6, 6.07) is 10.7. The summed E-state index contributed by atoms with van der Waals surface area (Å²) >= 11 is 8.53. The number of thiazole rings is 1. The molecule has 2 aromatic carbocycles. The van der Waals surface area contributed by atoms with E-state index in [1.807, 2.05) is 24.3 Å². The van der Waals surface area contributed by atoms with Crippen LogP contribution in [-0.4, -0.2) is 72.4 Å². The van der Waals surface area contributed by atoms with Gasteiger partial charge in [-0.1, -0.05) is 25.4 Å². The maximum absolute atomic E-state index is 13.5. The molecule has 3 N–H and O–H groups in total. The van der Waals surface area contributed by atoms with Crippen LogP contribution in [0.25, 0.3) is 10.6 Å². The molecule has 0 saturated carbocycles. The number of hydrogen-bond acceptors (Lipinski definition) is 9. The minimum absolute atomic E-state index is 0.0324. The van der Waals surface area contributed by atoms with Crippen molar-refractivity contribution >= 4 is 52.6 Å². The van der Waals surface area contributed by atoms with E-state index in [9.17, 15) is 14.0 Å². The second-order valence-electron chi connectivity index (χ2n) is 11.2. The molecule has 1 fully saturated rings. The Balaban J connectivity index is 1.28. The molecule has 3 aromatic rings. The normalized spacial score (nSPS) is 17.7. The summed E-state index contributed by atoms with van der Waals surface area (Å²) in [5.74, 6) is -0.279. The first-order valence-corrected chi connectivity index (χ1v) is 15.4. The molecule has 1 aliphatic heterocycles. The lowest BCUT2D eigenvalue weighted by Gasteiger charge is -2.34. The Kier molecular flexibility index (Phi) is 10.8. The van der Waals surface area contributed by atoms with E-state index < -0.39 is 17.9 Å². The molecular formula is C29H36ClFN6O3S2. The number of halogens is 2. The van der Waals surface area contributed by atoms with Crippen LogP contribution in [0.3, 0.4) is 0 Å². The maximum Gasteiger partial charge on any atom is 0.242 e. The molecule has 2 amide bonds. The number of carbonyl (C=O) groups is 2. The average molecular weight is 635 g/mol. The van der Waals surface area contributed by atoms with Gasteiger partial charge in [0.2, 0.25) is 11.8 Å². The average Bonchev–Trinajstić information content (AvgIpc) is 3.41. The van der Waals surface area contributed by atoms with Gasteiger partial charge in [-0.2, -0.15) is 0 Å². The molecule has 226 valence electrons. The Labute approximate surface area is 259 Å². The fraction of sp³-hybridized carbons (Fsp3) is 0.414. The molecule has 1 aromatic heterocycles. The predicted molar refractivity (Wildman–Crippen MR) is 168 cm³/mol. The number of amides is 2. The Morgan fingerprint density at radius 1 is 1.21 bits per heavy atom. The van der Waals surface area contributed by atoms with Crippen LogP contribution in [0.4, 0.5) is 10.1 Å². The number of rotatable bonds is 11. The summed E-state index contributed by atoms with van der Waals surface area (Å²) in [6.45, 7) is 6.23. The summed E-state index contributed by atoms with van der Waals surface area (Å²) in [5, 5.41) is 6.47. The topological polar surface area (TPSA) is 98.8 Å². The highest BCUT2D eigenvalue weighted by molar-refractivity contribution is 7.95.